The summed E-state index contributed by atoms with van der Waals surface area (Å²) in [5.41, 5.74) is 2.97. The Kier molecular flexibility index (Phi) is 7.89. The van der Waals surface area contributed by atoms with Gasteiger partial charge < -0.3 is 14.2 Å². The molecule has 188 valence electrons. The lowest BCUT2D eigenvalue weighted by Gasteiger charge is -2.19. The van der Waals surface area contributed by atoms with Crippen molar-refractivity contribution in [3.63, 3.8) is 0 Å². The molecule has 2 heterocycles. The van der Waals surface area contributed by atoms with Crippen LogP contribution in [0.5, 0.6) is 17.2 Å². The molecule has 0 radical (unpaired) electrons. The molecule has 3 aliphatic rings. The SMILES string of the molecule is CCCCOc1ccc(OCCN2CCCC2)c2c1-c1c(OCCN3CCCC3)cccc1C2=O. The number of carbonyl (C=O) groups is 1. The summed E-state index contributed by atoms with van der Waals surface area (Å²) in [6.07, 6.45) is 7.07. The fourth-order valence-electron chi connectivity index (χ4n) is 5.42. The van der Waals surface area contributed by atoms with Crippen LogP contribution in [0.4, 0.5) is 0 Å². The Bertz CT molecular complexity index is 1030. The number of rotatable bonds is 12. The first-order chi connectivity index (χ1) is 17.3. The minimum atomic E-state index is -0.00268. The molecule has 0 N–H and O–H groups in total. The molecule has 0 unspecified atom stereocenters. The molecule has 0 atom stereocenters. The van der Waals surface area contributed by atoms with Gasteiger partial charge in [-0.3, -0.25) is 14.6 Å². The molecule has 35 heavy (non-hydrogen) atoms. The summed E-state index contributed by atoms with van der Waals surface area (Å²) in [6, 6.07) is 9.65. The van der Waals surface area contributed by atoms with Crippen molar-refractivity contribution in [3.05, 3.63) is 41.5 Å². The first-order valence-corrected chi connectivity index (χ1v) is 13.4. The Balaban J connectivity index is 1.41. The Hall–Kier alpha value is -2.57. The molecular weight excluding hydrogens is 440 g/mol. The Morgan fingerprint density at radius 2 is 1.23 bits per heavy atom. The van der Waals surface area contributed by atoms with Crippen LogP contribution in [0, 0.1) is 0 Å². The fourth-order valence-corrected chi connectivity index (χ4v) is 5.42. The minimum absolute atomic E-state index is 0.00268. The second-order valence-corrected chi connectivity index (χ2v) is 9.82. The molecule has 0 amide bonds. The highest BCUT2D eigenvalue weighted by molar-refractivity contribution is 6.25. The highest BCUT2D eigenvalue weighted by Gasteiger charge is 2.35. The molecule has 2 fully saturated rings. The average Bonchev–Trinajstić information content (AvgIpc) is 3.63. The van der Waals surface area contributed by atoms with Gasteiger partial charge in [0.15, 0.2) is 5.78 Å². The first-order valence-electron chi connectivity index (χ1n) is 13.4. The van der Waals surface area contributed by atoms with Crippen molar-refractivity contribution in [2.45, 2.75) is 45.4 Å². The van der Waals surface area contributed by atoms with Gasteiger partial charge in [-0.25, -0.2) is 0 Å². The maximum absolute atomic E-state index is 13.6. The lowest BCUT2D eigenvalue weighted by atomic mass is 10.0. The lowest BCUT2D eigenvalue weighted by Crippen LogP contribution is -2.25. The van der Waals surface area contributed by atoms with E-state index < -0.39 is 0 Å². The van der Waals surface area contributed by atoms with Crippen molar-refractivity contribution >= 4 is 5.78 Å². The van der Waals surface area contributed by atoms with Crippen molar-refractivity contribution in [2.75, 3.05) is 59.1 Å². The number of hydrogen-bond donors (Lipinski definition) is 0. The summed E-state index contributed by atoms with van der Waals surface area (Å²) in [5.74, 6) is 2.13. The van der Waals surface area contributed by atoms with Crippen molar-refractivity contribution in [2.24, 2.45) is 0 Å². The molecule has 2 aromatic rings. The van der Waals surface area contributed by atoms with Crippen LogP contribution < -0.4 is 14.2 Å². The van der Waals surface area contributed by atoms with Gasteiger partial charge in [-0.15, -0.1) is 0 Å². The van der Waals surface area contributed by atoms with Gasteiger partial charge >= 0.3 is 0 Å². The molecule has 6 nitrogen and oxygen atoms in total. The van der Waals surface area contributed by atoms with E-state index in [1.54, 1.807) is 0 Å². The van der Waals surface area contributed by atoms with Gasteiger partial charge in [-0.1, -0.05) is 25.5 Å². The van der Waals surface area contributed by atoms with E-state index in [1.807, 2.05) is 30.3 Å². The average molecular weight is 479 g/mol. The standard InChI is InChI=1S/C29H38N2O4/c1-2-3-19-33-24-11-12-25(35-21-18-31-15-6-7-16-31)28-27(24)26-22(29(28)32)9-8-10-23(26)34-20-17-30-13-4-5-14-30/h8-12H,2-7,13-21H2,1H3. The van der Waals surface area contributed by atoms with E-state index in [9.17, 15) is 4.79 Å². The first kappa shape index (κ1) is 24.1. The Morgan fingerprint density at radius 3 is 1.83 bits per heavy atom. The van der Waals surface area contributed by atoms with Gasteiger partial charge in [0.1, 0.15) is 30.5 Å². The van der Waals surface area contributed by atoms with E-state index >= 15 is 0 Å². The van der Waals surface area contributed by atoms with Gasteiger partial charge in [0.2, 0.25) is 0 Å². The summed E-state index contributed by atoms with van der Waals surface area (Å²) in [4.78, 5) is 18.5. The van der Waals surface area contributed by atoms with E-state index in [0.29, 0.717) is 36.7 Å². The maximum atomic E-state index is 13.6. The molecule has 0 aromatic heterocycles. The molecule has 2 aliphatic heterocycles. The molecule has 5 rings (SSSR count). The number of nitrogens with zero attached hydrogens (tertiary/aromatic N) is 2. The van der Waals surface area contributed by atoms with Crippen molar-refractivity contribution in [1.29, 1.82) is 0 Å². The maximum Gasteiger partial charge on any atom is 0.198 e. The predicted molar refractivity (Wildman–Crippen MR) is 138 cm³/mol. The van der Waals surface area contributed by atoms with Crippen molar-refractivity contribution in [1.82, 2.24) is 9.80 Å². The van der Waals surface area contributed by atoms with Crippen LogP contribution >= 0.6 is 0 Å². The molecule has 2 aromatic carbocycles. The van der Waals surface area contributed by atoms with Crippen LogP contribution in [-0.4, -0.2) is 74.7 Å². The van der Waals surface area contributed by atoms with Gasteiger partial charge in [0.25, 0.3) is 0 Å². The second-order valence-electron chi connectivity index (χ2n) is 9.82. The summed E-state index contributed by atoms with van der Waals surface area (Å²) in [6.45, 7) is 10.3. The van der Waals surface area contributed by atoms with Crippen LogP contribution in [0.2, 0.25) is 0 Å². The summed E-state index contributed by atoms with van der Waals surface area (Å²) in [7, 11) is 0. The third-order valence-electron chi connectivity index (χ3n) is 7.36. The number of benzene rings is 2. The third-order valence-corrected chi connectivity index (χ3v) is 7.36. The number of unbranched alkanes of at least 4 members (excludes halogenated alkanes) is 1. The second kappa shape index (κ2) is 11.4. The largest absolute Gasteiger partial charge is 0.493 e. The van der Waals surface area contributed by atoms with Crippen LogP contribution in [-0.2, 0) is 0 Å². The van der Waals surface area contributed by atoms with Crippen molar-refractivity contribution < 1.29 is 19.0 Å². The lowest BCUT2D eigenvalue weighted by molar-refractivity contribution is 0.103. The number of carbonyl (C=O) groups excluding carboxylic acids is 1. The van der Waals surface area contributed by atoms with Gasteiger partial charge in [-0.2, -0.15) is 0 Å². The molecule has 1 aliphatic carbocycles. The van der Waals surface area contributed by atoms with E-state index in [2.05, 4.69) is 16.7 Å². The van der Waals surface area contributed by atoms with E-state index in [1.165, 1.54) is 25.7 Å². The number of likely N-dealkylation sites (tertiary alicyclic amines) is 2. The summed E-state index contributed by atoms with van der Waals surface area (Å²) in [5, 5.41) is 0. The highest BCUT2D eigenvalue weighted by atomic mass is 16.5. The van der Waals surface area contributed by atoms with Gasteiger partial charge in [0, 0.05) is 29.8 Å². The summed E-state index contributed by atoms with van der Waals surface area (Å²) >= 11 is 0. The predicted octanol–water partition coefficient (Wildman–Crippen LogP) is 5.03. The normalized spacial score (nSPS) is 17.6. The van der Waals surface area contributed by atoms with E-state index in [0.717, 1.165) is 74.7 Å². The Labute approximate surface area is 209 Å². The molecule has 6 heteroatoms. The molecule has 2 saturated heterocycles. The van der Waals surface area contributed by atoms with E-state index in [-0.39, 0.29) is 5.78 Å². The number of hydrogen-bond acceptors (Lipinski definition) is 6. The zero-order valence-corrected chi connectivity index (χ0v) is 21.0. The molecule has 0 bridgehead atoms. The van der Waals surface area contributed by atoms with Gasteiger partial charge in [0.05, 0.1) is 12.2 Å². The topological polar surface area (TPSA) is 51.2 Å². The Morgan fingerprint density at radius 1 is 0.686 bits per heavy atom. The number of fused-ring (bicyclic) bond motifs is 3. The van der Waals surface area contributed by atoms with E-state index in [4.69, 9.17) is 14.2 Å². The smallest absolute Gasteiger partial charge is 0.198 e. The summed E-state index contributed by atoms with van der Waals surface area (Å²) < 4.78 is 18.7. The van der Waals surface area contributed by atoms with Gasteiger partial charge in [-0.05, 0) is 76.5 Å². The zero-order valence-electron chi connectivity index (χ0n) is 21.0. The number of ketones is 1. The van der Waals surface area contributed by atoms with Crippen LogP contribution in [0.1, 0.15) is 61.4 Å². The number of ether oxygens (including phenoxy) is 3. The van der Waals surface area contributed by atoms with Crippen LogP contribution in [0.3, 0.4) is 0 Å². The molecular formula is C29H38N2O4. The van der Waals surface area contributed by atoms with Crippen LogP contribution in [0.15, 0.2) is 30.3 Å². The van der Waals surface area contributed by atoms with Crippen LogP contribution in [0.25, 0.3) is 11.1 Å². The highest BCUT2D eigenvalue weighted by Crippen LogP contribution is 2.50. The van der Waals surface area contributed by atoms with Crippen molar-refractivity contribution in [3.8, 4) is 28.4 Å². The molecule has 0 saturated carbocycles. The quantitative estimate of drug-likeness (QED) is 0.341. The monoisotopic (exact) mass is 478 g/mol. The molecule has 0 spiro atoms. The minimum Gasteiger partial charge on any atom is -0.493 e. The fraction of sp³-hybridized carbons (Fsp3) is 0.552. The zero-order chi connectivity index (χ0) is 24.0. The third kappa shape index (κ3) is 5.34.